The minimum atomic E-state index is -5.22. The largest absolute Gasteiger partial charge is 0.417 e. The molecule has 0 radical (unpaired) electrons. The Balaban J connectivity index is 3.44. The molecule has 0 amide bonds. The molecular formula is C12H4BrF6N3. The molecule has 0 saturated carbocycles. The third kappa shape index (κ3) is 4.15. The van der Waals surface area contributed by atoms with E-state index in [0.717, 1.165) is 6.20 Å². The molecule has 0 atom stereocenters. The summed E-state index contributed by atoms with van der Waals surface area (Å²) in [6.45, 7) is 0. The maximum atomic E-state index is 12.8. The van der Waals surface area contributed by atoms with Crippen LogP contribution in [0.2, 0.25) is 0 Å². The Labute approximate surface area is 128 Å². The van der Waals surface area contributed by atoms with Crippen LogP contribution in [0.1, 0.15) is 11.1 Å². The maximum absolute atomic E-state index is 12.8. The number of benzene rings is 1. The molecule has 1 aromatic carbocycles. The Morgan fingerprint density at radius 3 is 1.86 bits per heavy atom. The van der Waals surface area contributed by atoms with Crippen molar-refractivity contribution in [3.8, 4) is 12.1 Å². The van der Waals surface area contributed by atoms with E-state index in [1.165, 1.54) is 12.1 Å². The van der Waals surface area contributed by atoms with Gasteiger partial charge in [-0.25, -0.2) is 0 Å². The van der Waals surface area contributed by atoms with Crippen LogP contribution >= 0.6 is 15.9 Å². The molecule has 22 heavy (non-hydrogen) atoms. The Bertz CT molecular complexity index is 675. The molecule has 0 saturated heterocycles. The molecule has 0 spiro atoms. The van der Waals surface area contributed by atoms with E-state index < -0.39 is 29.1 Å². The smallest absolute Gasteiger partial charge is 0.359 e. The lowest BCUT2D eigenvalue weighted by atomic mass is 10.1. The third-order valence-corrected chi connectivity index (χ3v) is 2.99. The number of nitrogens with one attached hydrogen (secondary N) is 1. The Kier molecular flexibility index (Phi) is 5.09. The number of nitrogens with zero attached hydrogens (tertiary/aromatic N) is 2. The van der Waals surface area contributed by atoms with Gasteiger partial charge in [0.15, 0.2) is 0 Å². The second-order valence-electron chi connectivity index (χ2n) is 3.80. The summed E-state index contributed by atoms with van der Waals surface area (Å²) in [5.74, 6) is 0. The van der Waals surface area contributed by atoms with Crippen LogP contribution in [-0.2, 0) is 12.4 Å². The van der Waals surface area contributed by atoms with Crippen molar-refractivity contribution in [1.29, 1.82) is 10.5 Å². The first-order chi connectivity index (χ1) is 10.0. The lowest BCUT2D eigenvalue weighted by Crippen LogP contribution is -2.17. The van der Waals surface area contributed by atoms with Crippen LogP contribution in [0, 0.1) is 22.7 Å². The fraction of sp³-hybridized carbons (Fsp3) is 0.167. The van der Waals surface area contributed by atoms with Crippen LogP contribution in [0.5, 0.6) is 0 Å². The van der Waals surface area contributed by atoms with Crippen molar-refractivity contribution in [3.63, 3.8) is 0 Å². The van der Waals surface area contributed by atoms with Gasteiger partial charge in [-0.05, 0) is 28.1 Å². The summed E-state index contributed by atoms with van der Waals surface area (Å²) in [5, 5.41) is 19.2. The van der Waals surface area contributed by atoms with Gasteiger partial charge in [-0.3, -0.25) is 0 Å². The van der Waals surface area contributed by atoms with Gasteiger partial charge in [-0.1, -0.05) is 0 Å². The third-order valence-electron chi connectivity index (χ3n) is 2.33. The van der Waals surface area contributed by atoms with E-state index in [-0.39, 0.29) is 22.3 Å². The average Bonchev–Trinajstić information content (AvgIpc) is 2.38. The number of hydrogen-bond donors (Lipinski definition) is 1. The Morgan fingerprint density at radius 2 is 1.45 bits per heavy atom. The van der Waals surface area contributed by atoms with Gasteiger partial charge in [0, 0.05) is 10.7 Å². The van der Waals surface area contributed by atoms with Crippen molar-refractivity contribution in [1.82, 2.24) is 0 Å². The first-order valence-corrected chi connectivity index (χ1v) is 6.05. The zero-order chi connectivity index (χ0) is 17.1. The summed E-state index contributed by atoms with van der Waals surface area (Å²) in [7, 11) is 0. The number of anilines is 1. The predicted molar refractivity (Wildman–Crippen MR) is 67.1 cm³/mol. The Hall–Kier alpha value is -2.20. The highest BCUT2D eigenvalue weighted by atomic mass is 79.9. The highest BCUT2D eigenvalue weighted by molar-refractivity contribution is 9.10. The van der Waals surface area contributed by atoms with Crippen molar-refractivity contribution < 1.29 is 26.3 Å². The van der Waals surface area contributed by atoms with E-state index in [0.29, 0.717) is 0 Å². The van der Waals surface area contributed by atoms with Gasteiger partial charge in [-0.15, -0.1) is 0 Å². The van der Waals surface area contributed by atoms with Crippen LogP contribution < -0.4 is 5.32 Å². The number of nitriles is 2. The lowest BCUT2D eigenvalue weighted by Gasteiger charge is -2.17. The second kappa shape index (κ2) is 6.28. The highest BCUT2D eigenvalue weighted by Gasteiger charge is 2.43. The van der Waals surface area contributed by atoms with E-state index in [4.69, 9.17) is 10.5 Å². The summed E-state index contributed by atoms with van der Waals surface area (Å²) >= 11 is 2.71. The zero-order valence-corrected chi connectivity index (χ0v) is 11.9. The fourth-order valence-corrected chi connectivity index (χ4v) is 1.85. The van der Waals surface area contributed by atoms with E-state index in [9.17, 15) is 26.3 Å². The SMILES string of the molecule is N#CC(C#N)=CNc1cc(C(F)(F)F)c(C(F)(F)F)cc1Br. The van der Waals surface area contributed by atoms with Crippen LogP contribution in [0.25, 0.3) is 0 Å². The van der Waals surface area contributed by atoms with E-state index in [1.807, 2.05) is 0 Å². The first-order valence-electron chi connectivity index (χ1n) is 5.25. The molecule has 1 rings (SSSR count). The van der Waals surface area contributed by atoms with Crippen LogP contribution in [0.3, 0.4) is 0 Å². The topological polar surface area (TPSA) is 59.6 Å². The Morgan fingerprint density at radius 1 is 1.00 bits per heavy atom. The summed E-state index contributed by atoms with van der Waals surface area (Å²) < 4.78 is 76.0. The minimum Gasteiger partial charge on any atom is -0.359 e. The van der Waals surface area contributed by atoms with Crippen LogP contribution in [0.15, 0.2) is 28.4 Å². The maximum Gasteiger partial charge on any atom is 0.417 e. The molecule has 116 valence electrons. The van der Waals surface area contributed by atoms with E-state index in [2.05, 4.69) is 21.2 Å². The molecule has 0 aliphatic rings. The summed E-state index contributed by atoms with van der Waals surface area (Å²) in [4.78, 5) is 0. The van der Waals surface area contributed by atoms with Crippen molar-refractivity contribution in [2.45, 2.75) is 12.4 Å². The quantitative estimate of drug-likeness (QED) is 0.587. The number of halogens is 7. The summed E-state index contributed by atoms with van der Waals surface area (Å²) in [5.41, 5.74) is -4.56. The molecular weight excluding hydrogens is 380 g/mol. The van der Waals surface area contributed by atoms with Crippen LogP contribution in [0.4, 0.5) is 32.0 Å². The second-order valence-corrected chi connectivity index (χ2v) is 4.65. The zero-order valence-electron chi connectivity index (χ0n) is 10.3. The molecule has 0 heterocycles. The number of allylic oxidation sites excluding steroid dienone is 1. The van der Waals surface area contributed by atoms with Crippen molar-refractivity contribution >= 4 is 21.6 Å². The molecule has 0 fully saturated rings. The number of rotatable bonds is 2. The number of hydrogen-bond acceptors (Lipinski definition) is 3. The normalized spacial score (nSPS) is 11.3. The molecule has 0 aromatic heterocycles. The minimum absolute atomic E-state index is 0.246. The molecule has 3 nitrogen and oxygen atoms in total. The predicted octanol–water partition coefficient (Wildman–Crippen LogP) is 4.83. The first kappa shape index (κ1) is 17.9. The summed E-state index contributed by atoms with van der Waals surface area (Å²) in [6.07, 6.45) is -9.63. The van der Waals surface area contributed by atoms with Gasteiger partial charge in [0.1, 0.15) is 17.7 Å². The van der Waals surface area contributed by atoms with Gasteiger partial charge < -0.3 is 5.32 Å². The number of alkyl halides is 6. The molecule has 1 aromatic rings. The van der Waals surface area contributed by atoms with Crippen molar-refractivity contribution in [3.05, 3.63) is 39.5 Å². The molecule has 0 aliphatic carbocycles. The van der Waals surface area contributed by atoms with E-state index >= 15 is 0 Å². The molecule has 1 N–H and O–H groups in total. The molecule has 0 aliphatic heterocycles. The van der Waals surface area contributed by atoms with Crippen molar-refractivity contribution in [2.24, 2.45) is 0 Å². The summed E-state index contributed by atoms with van der Waals surface area (Å²) in [6, 6.07) is 3.40. The lowest BCUT2D eigenvalue weighted by molar-refractivity contribution is -0.162. The molecule has 0 unspecified atom stereocenters. The highest BCUT2D eigenvalue weighted by Crippen LogP contribution is 2.43. The fourth-order valence-electron chi connectivity index (χ4n) is 1.39. The van der Waals surface area contributed by atoms with Crippen molar-refractivity contribution in [2.75, 3.05) is 5.32 Å². The van der Waals surface area contributed by atoms with Gasteiger partial charge in [0.05, 0.1) is 16.8 Å². The molecule has 0 bridgehead atoms. The van der Waals surface area contributed by atoms with Gasteiger partial charge in [-0.2, -0.15) is 36.9 Å². The van der Waals surface area contributed by atoms with E-state index in [1.54, 1.807) is 0 Å². The van der Waals surface area contributed by atoms with Gasteiger partial charge >= 0.3 is 12.4 Å². The monoisotopic (exact) mass is 383 g/mol. The average molecular weight is 384 g/mol. The van der Waals surface area contributed by atoms with Gasteiger partial charge in [0.25, 0.3) is 0 Å². The van der Waals surface area contributed by atoms with Gasteiger partial charge in [0.2, 0.25) is 0 Å². The standard InChI is InChI=1S/C12H4BrF6N3/c13-9-1-7(11(14,15)16)8(12(17,18)19)2-10(9)22-5-6(3-20)4-21/h1-2,5,22H. The molecule has 10 heteroatoms. The van der Waals surface area contributed by atoms with Crippen LogP contribution in [-0.4, -0.2) is 0 Å².